The van der Waals surface area contributed by atoms with Crippen LogP contribution in [0.1, 0.15) is 18.4 Å². The first kappa shape index (κ1) is 16.7. The third-order valence-corrected chi connectivity index (χ3v) is 6.57. The van der Waals surface area contributed by atoms with Gasteiger partial charge in [-0.15, -0.1) is 0 Å². The van der Waals surface area contributed by atoms with Crippen molar-refractivity contribution in [2.24, 2.45) is 16.8 Å². The summed E-state index contributed by atoms with van der Waals surface area (Å²) in [5.74, 6) is -0.0493. The summed E-state index contributed by atoms with van der Waals surface area (Å²) in [5.41, 5.74) is 6.50. The Morgan fingerprint density at radius 3 is 2.57 bits per heavy atom. The number of rotatable bonds is 5. The van der Waals surface area contributed by atoms with Crippen molar-refractivity contribution in [3.05, 3.63) is 26.6 Å². The summed E-state index contributed by atoms with van der Waals surface area (Å²) in [5, 5.41) is 11.7. The van der Waals surface area contributed by atoms with E-state index < -0.39 is 16.1 Å². The van der Waals surface area contributed by atoms with E-state index in [1.807, 2.05) is 6.92 Å². The number of benzene rings is 1. The van der Waals surface area contributed by atoms with Crippen LogP contribution in [0.25, 0.3) is 0 Å². The summed E-state index contributed by atoms with van der Waals surface area (Å²) in [6.07, 6.45) is 1.70. The summed E-state index contributed by atoms with van der Waals surface area (Å²) in [6.45, 7) is 1.86. The third kappa shape index (κ3) is 3.77. The Labute approximate surface area is 140 Å². The highest BCUT2D eigenvalue weighted by molar-refractivity contribution is 9.11. The van der Waals surface area contributed by atoms with Crippen molar-refractivity contribution in [2.45, 2.75) is 30.7 Å². The number of aryl methyl sites for hydroxylation is 1. The molecule has 0 aliphatic heterocycles. The molecule has 0 bridgehead atoms. The molecular formula is C12H15Br2N3O3S. The molecule has 0 spiro atoms. The zero-order valence-corrected chi connectivity index (χ0v) is 15.2. The fourth-order valence-corrected chi connectivity index (χ4v) is 4.91. The second-order valence-electron chi connectivity index (χ2n) is 4.99. The number of hydrogen-bond donors (Lipinski definition) is 3. The van der Waals surface area contributed by atoms with Crippen LogP contribution in [0.3, 0.4) is 0 Å². The van der Waals surface area contributed by atoms with Crippen LogP contribution in [0.15, 0.2) is 31.1 Å². The highest BCUT2D eigenvalue weighted by atomic mass is 79.9. The number of oxime groups is 1. The molecule has 1 fully saturated rings. The fourth-order valence-electron chi connectivity index (χ4n) is 1.95. The van der Waals surface area contributed by atoms with Crippen molar-refractivity contribution in [3.8, 4) is 0 Å². The van der Waals surface area contributed by atoms with Gasteiger partial charge in [0.05, 0.1) is 10.9 Å². The number of sulfonamides is 1. The predicted octanol–water partition coefficient (Wildman–Crippen LogP) is 2.32. The molecule has 0 amide bonds. The van der Waals surface area contributed by atoms with E-state index in [4.69, 9.17) is 10.9 Å². The highest BCUT2D eigenvalue weighted by Crippen LogP contribution is 2.34. The molecule has 1 atom stereocenters. The lowest BCUT2D eigenvalue weighted by molar-refractivity contribution is 0.314. The number of halogens is 2. The van der Waals surface area contributed by atoms with Crippen molar-refractivity contribution in [1.29, 1.82) is 0 Å². The molecule has 1 aromatic carbocycles. The quantitative estimate of drug-likeness (QED) is 0.282. The van der Waals surface area contributed by atoms with E-state index in [1.165, 1.54) is 6.07 Å². The zero-order chi connectivity index (χ0) is 15.8. The first-order valence-corrected chi connectivity index (χ1v) is 9.28. The Kier molecular flexibility index (Phi) is 4.96. The van der Waals surface area contributed by atoms with E-state index in [-0.39, 0.29) is 16.6 Å². The number of amidine groups is 1. The normalized spacial score (nSPS) is 17.8. The van der Waals surface area contributed by atoms with E-state index in [0.717, 1.165) is 18.4 Å². The number of nitrogens with one attached hydrogen (secondary N) is 1. The molecule has 1 aliphatic rings. The first-order valence-electron chi connectivity index (χ1n) is 6.21. The average Bonchev–Trinajstić information content (AvgIpc) is 3.23. The Morgan fingerprint density at radius 2 is 2.05 bits per heavy atom. The standard InChI is InChI=1S/C12H15Br2N3O3S/c1-6-4-9(14)10(5-8(6)13)21(19,20)17-11(7-2-3-7)12(15)16-18/h4-5,7,11,17-18H,2-3H2,1H3,(H2,15,16). The lowest BCUT2D eigenvalue weighted by atomic mass is 10.2. The van der Waals surface area contributed by atoms with Crippen LogP contribution in [0.5, 0.6) is 0 Å². The van der Waals surface area contributed by atoms with Crippen LogP contribution < -0.4 is 10.5 Å². The minimum atomic E-state index is -3.79. The third-order valence-electron chi connectivity index (χ3n) is 3.31. The van der Waals surface area contributed by atoms with Crippen LogP contribution in [-0.4, -0.2) is 25.5 Å². The second kappa shape index (κ2) is 6.23. The number of nitrogens with zero attached hydrogens (tertiary/aromatic N) is 1. The van der Waals surface area contributed by atoms with E-state index >= 15 is 0 Å². The van der Waals surface area contributed by atoms with E-state index in [1.54, 1.807) is 6.07 Å². The molecule has 9 heteroatoms. The number of hydrogen-bond acceptors (Lipinski definition) is 4. The van der Waals surface area contributed by atoms with Gasteiger partial charge in [-0.2, -0.15) is 0 Å². The lowest BCUT2D eigenvalue weighted by Crippen LogP contribution is -2.46. The van der Waals surface area contributed by atoms with E-state index in [2.05, 4.69) is 41.7 Å². The van der Waals surface area contributed by atoms with Gasteiger partial charge in [0, 0.05) is 8.95 Å². The monoisotopic (exact) mass is 439 g/mol. The van der Waals surface area contributed by atoms with Gasteiger partial charge in [0.2, 0.25) is 10.0 Å². The molecule has 116 valence electrons. The Bertz CT molecular complexity index is 687. The van der Waals surface area contributed by atoms with Gasteiger partial charge in [-0.05, 0) is 59.3 Å². The minimum Gasteiger partial charge on any atom is -0.409 e. The Balaban J connectivity index is 2.36. The van der Waals surface area contributed by atoms with Gasteiger partial charge in [0.1, 0.15) is 0 Å². The summed E-state index contributed by atoms with van der Waals surface area (Å²) in [4.78, 5) is 0.108. The maximum Gasteiger partial charge on any atom is 0.242 e. The zero-order valence-electron chi connectivity index (χ0n) is 11.2. The van der Waals surface area contributed by atoms with Crippen LogP contribution in [0, 0.1) is 12.8 Å². The van der Waals surface area contributed by atoms with Gasteiger partial charge >= 0.3 is 0 Å². The molecule has 4 N–H and O–H groups in total. The molecule has 0 heterocycles. The second-order valence-corrected chi connectivity index (χ2v) is 8.38. The molecule has 1 unspecified atom stereocenters. The molecule has 6 nitrogen and oxygen atoms in total. The molecule has 1 aliphatic carbocycles. The first-order chi connectivity index (χ1) is 9.76. The minimum absolute atomic E-state index is 0.0725. The predicted molar refractivity (Wildman–Crippen MR) is 86.8 cm³/mol. The molecule has 0 saturated heterocycles. The van der Waals surface area contributed by atoms with Crippen molar-refractivity contribution in [1.82, 2.24) is 4.72 Å². The highest BCUT2D eigenvalue weighted by Gasteiger charge is 2.37. The van der Waals surface area contributed by atoms with Crippen molar-refractivity contribution < 1.29 is 13.6 Å². The summed E-state index contributed by atoms with van der Waals surface area (Å²) in [6, 6.07) is 2.55. The molecule has 1 saturated carbocycles. The van der Waals surface area contributed by atoms with Gasteiger partial charge < -0.3 is 10.9 Å². The van der Waals surface area contributed by atoms with Crippen LogP contribution in [0.4, 0.5) is 0 Å². The van der Waals surface area contributed by atoms with E-state index in [9.17, 15) is 8.42 Å². The molecule has 1 aromatic rings. The van der Waals surface area contributed by atoms with Crippen molar-refractivity contribution in [3.63, 3.8) is 0 Å². The number of nitrogens with two attached hydrogens (primary N) is 1. The topological polar surface area (TPSA) is 105 Å². The molecule has 0 aromatic heterocycles. The fraction of sp³-hybridized carbons (Fsp3) is 0.417. The van der Waals surface area contributed by atoms with Gasteiger partial charge in [0.25, 0.3) is 0 Å². The van der Waals surface area contributed by atoms with Crippen molar-refractivity contribution in [2.75, 3.05) is 0 Å². The van der Waals surface area contributed by atoms with E-state index in [0.29, 0.717) is 8.95 Å². The summed E-state index contributed by atoms with van der Waals surface area (Å²) in [7, 11) is -3.79. The Hall–Kier alpha value is -0.640. The van der Waals surface area contributed by atoms with Crippen LogP contribution >= 0.6 is 31.9 Å². The van der Waals surface area contributed by atoms with Crippen LogP contribution in [0.2, 0.25) is 0 Å². The Morgan fingerprint density at radius 1 is 1.43 bits per heavy atom. The lowest BCUT2D eigenvalue weighted by Gasteiger charge is -2.18. The van der Waals surface area contributed by atoms with Crippen molar-refractivity contribution >= 4 is 47.7 Å². The smallest absolute Gasteiger partial charge is 0.242 e. The van der Waals surface area contributed by atoms with Gasteiger partial charge in [-0.25, -0.2) is 13.1 Å². The molecule has 2 rings (SSSR count). The van der Waals surface area contributed by atoms with Gasteiger partial charge in [0.15, 0.2) is 5.84 Å². The maximum absolute atomic E-state index is 12.5. The van der Waals surface area contributed by atoms with Gasteiger partial charge in [-0.1, -0.05) is 21.1 Å². The van der Waals surface area contributed by atoms with Crippen LogP contribution in [-0.2, 0) is 10.0 Å². The van der Waals surface area contributed by atoms with Gasteiger partial charge in [-0.3, -0.25) is 0 Å². The molecular weight excluding hydrogens is 426 g/mol. The average molecular weight is 441 g/mol. The molecule has 0 radical (unpaired) electrons. The maximum atomic E-state index is 12.5. The summed E-state index contributed by atoms with van der Waals surface area (Å²) >= 11 is 6.58. The molecule has 21 heavy (non-hydrogen) atoms. The SMILES string of the molecule is Cc1cc(Br)c(S(=O)(=O)NC(/C(N)=N/O)C2CC2)cc1Br. The largest absolute Gasteiger partial charge is 0.409 e. The summed E-state index contributed by atoms with van der Waals surface area (Å²) < 4.78 is 28.7.